The number of alkyl halides is 3. The first-order valence-electron chi connectivity index (χ1n) is 7.20. The van der Waals surface area contributed by atoms with Gasteiger partial charge in [-0.3, -0.25) is 0 Å². The maximum Gasteiger partial charge on any atom is 0.393 e. The predicted molar refractivity (Wildman–Crippen MR) is 89.6 cm³/mol. The minimum Gasteiger partial charge on any atom is -0.341 e. The fraction of sp³-hybridized carbons (Fsp3) is 0.235. The lowest BCUT2D eigenvalue weighted by Gasteiger charge is -2.10. The van der Waals surface area contributed by atoms with Crippen molar-refractivity contribution in [3.63, 3.8) is 0 Å². The van der Waals surface area contributed by atoms with Crippen LogP contribution in [0.1, 0.15) is 11.1 Å². The fourth-order valence-corrected chi connectivity index (χ4v) is 2.95. The van der Waals surface area contributed by atoms with Crippen molar-refractivity contribution in [1.82, 2.24) is 5.32 Å². The van der Waals surface area contributed by atoms with Crippen LogP contribution in [0, 0.1) is 6.92 Å². The molecule has 0 aromatic heterocycles. The maximum absolute atomic E-state index is 12.4. The van der Waals surface area contributed by atoms with Crippen molar-refractivity contribution in [2.24, 2.45) is 0 Å². The van der Waals surface area contributed by atoms with Crippen LogP contribution in [0.2, 0.25) is 0 Å². The van der Waals surface area contributed by atoms with Crippen LogP contribution in [0.25, 0.3) is 0 Å². The van der Waals surface area contributed by atoms with Crippen molar-refractivity contribution in [2.45, 2.75) is 29.3 Å². The third-order valence-electron chi connectivity index (χ3n) is 3.22. The van der Waals surface area contributed by atoms with Crippen molar-refractivity contribution >= 4 is 23.5 Å². The molecule has 7 heteroatoms. The van der Waals surface area contributed by atoms with E-state index in [1.54, 1.807) is 18.2 Å². The molecule has 0 aliphatic carbocycles. The van der Waals surface area contributed by atoms with Crippen LogP contribution in [0.5, 0.6) is 0 Å². The molecular weight excluding hydrogens is 337 g/mol. The van der Waals surface area contributed by atoms with Crippen LogP contribution in [-0.4, -0.2) is 19.3 Å². The number of carbonyl (C=O) groups excluding carboxylic acids is 1. The van der Waals surface area contributed by atoms with Gasteiger partial charge in [0.1, 0.15) is 0 Å². The summed E-state index contributed by atoms with van der Waals surface area (Å²) in [6.45, 7) is 1.91. The van der Waals surface area contributed by atoms with Crippen LogP contribution in [0.4, 0.5) is 23.7 Å². The Balaban J connectivity index is 2.06. The summed E-state index contributed by atoms with van der Waals surface area (Å²) >= 11 is 1.46. The minimum absolute atomic E-state index is 0.244. The molecule has 2 aromatic rings. The lowest BCUT2D eigenvalue weighted by atomic mass is 10.1. The van der Waals surface area contributed by atoms with Crippen LogP contribution >= 0.6 is 11.8 Å². The zero-order valence-corrected chi connectivity index (χ0v) is 14.0. The van der Waals surface area contributed by atoms with E-state index in [0.29, 0.717) is 5.69 Å². The van der Waals surface area contributed by atoms with Crippen molar-refractivity contribution in [3.05, 3.63) is 53.6 Å². The van der Waals surface area contributed by atoms with Crippen LogP contribution in [-0.2, 0) is 6.42 Å². The van der Waals surface area contributed by atoms with Crippen molar-refractivity contribution in [2.75, 3.05) is 12.4 Å². The van der Waals surface area contributed by atoms with E-state index < -0.39 is 12.6 Å². The highest BCUT2D eigenvalue weighted by atomic mass is 32.2. The van der Waals surface area contributed by atoms with Crippen molar-refractivity contribution < 1.29 is 18.0 Å². The molecule has 0 spiro atoms. The van der Waals surface area contributed by atoms with Gasteiger partial charge in [-0.25, -0.2) is 4.79 Å². The molecule has 0 saturated carbocycles. The average molecular weight is 354 g/mol. The summed E-state index contributed by atoms with van der Waals surface area (Å²) in [5.74, 6) is 0. The summed E-state index contributed by atoms with van der Waals surface area (Å²) in [6, 6.07) is 11.5. The SMILES string of the molecule is CNC(=O)Nc1ccc(Sc2ccc(CC(F)(F)F)cc2)c(C)c1. The molecule has 0 radical (unpaired) electrons. The smallest absolute Gasteiger partial charge is 0.341 e. The van der Waals surface area contributed by atoms with Gasteiger partial charge in [-0.15, -0.1) is 0 Å². The van der Waals surface area contributed by atoms with Gasteiger partial charge in [-0.2, -0.15) is 13.2 Å². The van der Waals surface area contributed by atoms with E-state index in [1.807, 2.05) is 19.1 Å². The molecule has 0 fully saturated rings. The number of halogens is 3. The molecule has 0 unspecified atom stereocenters. The molecule has 128 valence electrons. The first kappa shape index (κ1) is 18.2. The summed E-state index contributed by atoms with van der Waals surface area (Å²) in [4.78, 5) is 13.1. The summed E-state index contributed by atoms with van der Waals surface area (Å²) in [5, 5.41) is 5.16. The highest BCUT2D eigenvalue weighted by Crippen LogP contribution is 2.32. The maximum atomic E-state index is 12.4. The Morgan fingerprint density at radius 3 is 2.33 bits per heavy atom. The Labute approximate surface area is 142 Å². The molecule has 2 amide bonds. The van der Waals surface area contributed by atoms with E-state index in [-0.39, 0.29) is 11.6 Å². The quantitative estimate of drug-likeness (QED) is 0.811. The number of anilines is 1. The van der Waals surface area contributed by atoms with E-state index in [0.717, 1.165) is 15.4 Å². The summed E-state index contributed by atoms with van der Waals surface area (Å²) < 4.78 is 37.1. The van der Waals surface area contributed by atoms with Gasteiger partial charge in [-0.1, -0.05) is 23.9 Å². The van der Waals surface area contributed by atoms with Gasteiger partial charge in [0.2, 0.25) is 0 Å². The van der Waals surface area contributed by atoms with Gasteiger partial charge in [0, 0.05) is 22.5 Å². The molecule has 3 nitrogen and oxygen atoms in total. The lowest BCUT2D eigenvalue weighted by Crippen LogP contribution is -2.24. The molecule has 2 N–H and O–H groups in total. The van der Waals surface area contributed by atoms with E-state index in [4.69, 9.17) is 0 Å². The predicted octanol–water partition coefficient (Wildman–Crippen LogP) is 5.00. The minimum atomic E-state index is -4.20. The van der Waals surface area contributed by atoms with Crippen LogP contribution in [0.15, 0.2) is 52.3 Å². The molecule has 2 aromatic carbocycles. The van der Waals surface area contributed by atoms with Crippen molar-refractivity contribution in [1.29, 1.82) is 0 Å². The van der Waals surface area contributed by atoms with E-state index in [9.17, 15) is 18.0 Å². The number of aryl methyl sites for hydroxylation is 1. The fourth-order valence-electron chi connectivity index (χ4n) is 2.07. The molecule has 24 heavy (non-hydrogen) atoms. The third kappa shape index (κ3) is 5.49. The molecule has 0 heterocycles. The van der Waals surface area contributed by atoms with Crippen LogP contribution < -0.4 is 10.6 Å². The first-order chi connectivity index (χ1) is 11.3. The molecular formula is C17H17F3N2OS. The van der Waals surface area contributed by atoms with E-state index in [2.05, 4.69) is 10.6 Å². The largest absolute Gasteiger partial charge is 0.393 e. The number of benzene rings is 2. The molecule has 0 saturated heterocycles. The number of hydrogen-bond acceptors (Lipinski definition) is 2. The number of rotatable bonds is 4. The Hall–Kier alpha value is -2.15. The standard InChI is InChI=1S/C17H17F3N2OS/c1-11-9-13(22-16(23)21-2)5-8-15(11)24-14-6-3-12(4-7-14)10-17(18,19)20/h3-9H,10H2,1-2H3,(H2,21,22,23). The Bertz CT molecular complexity index is 715. The van der Waals surface area contributed by atoms with Gasteiger partial charge in [-0.05, 0) is 48.4 Å². The van der Waals surface area contributed by atoms with Gasteiger partial charge in [0.15, 0.2) is 0 Å². The molecule has 2 rings (SSSR count). The second-order valence-electron chi connectivity index (χ2n) is 5.22. The first-order valence-corrected chi connectivity index (χ1v) is 8.01. The molecule has 0 aliphatic rings. The summed E-state index contributed by atoms with van der Waals surface area (Å²) in [7, 11) is 1.54. The molecule has 0 bridgehead atoms. The topological polar surface area (TPSA) is 41.1 Å². The van der Waals surface area contributed by atoms with Crippen LogP contribution in [0.3, 0.4) is 0 Å². The van der Waals surface area contributed by atoms with E-state index in [1.165, 1.54) is 30.9 Å². The second-order valence-corrected chi connectivity index (χ2v) is 6.34. The number of hydrogen-bond donors (Lipinski definition) is 2. The second kappa shape index (κ2) is 7.61. The summed E-state index contributed by atoms with van der Waals surface area (Å²) in [6.07, 6.45) is -5.12. The zero-order valence-electron chi connectivity index (χ0n) is 13.2. The monoisotopic (exact) mass is 354 g/mol. The molecule has 0 atom stereocenters. The number of urea groups is 1. The van der Waals surface area contributed by atoms with Gasteiger partial charge >= 0.3 is 12.2 Å². The van der Waals surface area contributed by atoms with Crippen molar-refractivity contribution in [3.8, 4) is 0 Å². The summed E-state index contributed by atoms with van der Waals surface area (Å²) in [5.41, 5.74) is 1.89. The van der Waals surface area contributed by atoms with E-state index >= 15 is 0 Å². The Kier molecular flexibility index (Phi) is 5.77. The Morgan fingerprint density at radius 1 is 1.12 bits per heavy atom. The number of carbonyl (C=O) groups is 1. The van der Waals surface area contributed by atoms with Gasteiger partial charge < -0.3 is 10.6 Å². The zero-order chi connectivity index (χ0) is 17.7. The normalized spacial score (nSPS) is 11.2. The van der Waals surface area contributed by atoms with Gasteiger partial charge in [0.05, 0.1) is 6.42 Å². The highest BCUT2D eigenvalue weighted by molar-refractivity contribution is 7.99. The molecule has 0 aliphatic heterocycles. The highest BCUT2D eigenvalue weighted by Gasteiger charge is 2.27. The number of nitrogens with one attached hydrogen (secondary N) is 2. The average Bonchev–Trinajstić information content (AvgIpc) is 2.50. The number of amides is 2. The third-order valence-corrected chi connectivity index (χ3v) is 4.40. The van der Waals surface area contributed by atoms with Gasteiger partial charge in [0.25, 0.3) is 0 Å². The Morgan fingerprint density at radius 2 is 1.79 bits per heavy atom. The lowest BCUT2D eigenvalue weighted by molar-refractivity contribution is -0.127.